The van der Waals surface area contributed by atoms with Crippen molar-refractivity contribution in [3.05, 3.63) is 0 Å². The van der Waals surface area contributed by atoms with Gasteiger partial charge in [-0.05, 0) is 6.92 Å². The van der Waals surface area contributed by atoms with Gasteiger partial charge in [0.1, 0.15) is 6.67 Å². The molecule has 2 atom stereocenters. The Morgan fingerprint density at radius 2 is 1.71 bits per heavy atom. The number of rotatable bonds is 5. The average Bonchev–Trinajstić information content (AvgIpc) is 2.02. The van der Waals surface area contributed by atoms with Crippen LogP contribution in [0.15, 0.2) is 0 Å². The van der Waals surface area contributed by atoms with Crippen LogP contribution in [0.4, 0.5) is 26.3 Å². The molecule has 86 valence electrons. The zero-order chi connectivity index (χ0) is 11.4. The van der Waals surface area contributed by atoms with Gasteiger partial charge >= 0.3 is 12.2 Å². The number of halogens is 6. The van der Waals surface area contributed by atoms with E-state index in [-0.39, 0.29) is 0 Å². The Labute approximate surface area is 75.8 Å². The van der Waals surface area contributed by atoms with Crippen molar-refractivity contribution >= 4 is 0 Å². The van der Waals surface area contributed by atoms with Crippen molar-refractivity contribution in [3.8, 4) is 0 Å². The first-order valence-corrected chi connectivity index (χ1v) is 3.54. The third kappa shape index (κ3) is 3.33. The third-order valence-corrected chi connectivity index (χ3v) is 1.07. The predicted octanol–water partition coefficient (Wildman–Crippen LogP) is 2.49. The highest BCUT2D eigenvalue weighted by Gasteiger charge is 2.61. The van der Waals surface area contributed by atoms with E-state index in [4.69, 9.17) is 0 Å². The minimum absolute atomic E-state index is 0.699. The van der Waals surface area contributed by atoms with Gasteiger partial charge in [0.2, 0.25) is 6.36 Å². The second-order valence-corrected chi connectivity index (χ2v) is 2.15. The van der Waals surface area contributed by atoms with E-state index >= 15 is 0 Å². The van der Waals surface area contributed by atoms with Crippen LogP contribution >= 0.6 is 0 Å². The molecule has 0 aromatic heterocycles. The summed E-state index contributed by atoms with van der Waals surface area (Å²) in [6.07, 6.45) is -8.60. The fourth-order valence-corrected chi connectivity index (χ4v) is 0.564. The van der Waals surface area contributed by atoms with Crippen LogP contribution in [-0.2, 0) is 9.47 Å². The van der Waals surface area contributed by atoms with E-state index in [1.807, 2.05) is 0 Å². The van der Waals surface area contributed by atoms with Gasteiger partial charge in [-0.1, -0.05) is 0 Å². The summed E-state index contributed by atoms with van der Waals surface area (Å²) in [5.74, 6) is 0. The Morgan fingerprint density at radius 3 is 2.00 bits per heavy atom. The zero-order valence-corrected chi connectivity index (χ0v) is 7.08. The van der Waals surface area contributed by atoms with Gasteiger partial charge in [0.15, 0.2) is 0 Å². The molecule has 0 aliphatic heterocycles. The maximum Gasteiger partial charge on any atom is 0.478 e. The summed E-state index contributed by atoms with van der Waals surface area (Å²) < 4.78 is 78.6. The first-order chi connectivity index (χ1) is 6.27. The molecule has 0 N–H and O–H groups in total. The van der Waals surface area contributed by atoms with Gasteiger partial charge in [-0.15, -0.1) is 0 Å². The summed E-state index contributed by atoms with van der Waals surface area (Å²) in [5.41, 5.74) is 0. The van der Waals surface area contributed by atoms with Crippen molar-refractivity contribution in [2.75, 3.05) is 13.3 Å². The van der Waals surface area contributed by atoms with E-state index < -0.39 is 31.9 Å². The fraction of sp³-hybridized carbons (Fsp3) is 1.00. The zero-order valence-electron chi connectivity index (χ0n) is 7.08. The SMILES string of the molecule is CCOC(F)(OC(F)CF)C(F)(F)F. The number of hydrogen-bond donors (Lipinski definition) is 0. The van der Waals surface area contributed by atoms with E-state index in [0.717, 1.165) is 6.92 Å². The second-order valence-electron chi connectivity index (χ2n) is 2.15. The fourth-order valence-electron chi connectivity index (χ4n) is 0.564. The molecule has 2 nitrogen and oxygen atoms in total. The summed E-state index contributed by atoms with van der Waals surface area (Å²) in [6, 6.07) is -4.60. The molecular weight excluding hydrogens is 218 g/mol. The van der Waals surface area contributed by atoms with E-state index in [1.165, 1.54) is 0 Å². The lowest BCUT2D eigenvalue weighted by Gasteiger charge is -2.27. The van der Waals surface area contributed by atoms with Crippen LogP contribution in [0.1, 0.15) is 6.92 Å². The molecule has 0 bridgehead atoms. The van der Waals surface area contributed by atoms with Gasteiger partial charge in [-0.25, -0.2) is 8.78 Å². The van der Waals surface area contributed by atoms with Crippen molar-refractivity contribution in [3.63, 3.8) is 0 Å². The topological polar surface area (TPSA) is 18.5 Å². The monoisotopic (exact) mass is 226 g/mol. The summed E-state index contributed by atoms with van der Waals surface area (Å²) >= 11 is 0. The van der Waals surface area contributed by atoms with Gasteiger partial charge in [-0.2, -0.15) is 17.6 Å². The number of alkyl halides is 6. The van der Waals surface area contributed by atoms with Crippen molar-refractivity contribution in [2.24, 2.45) is 0 Å². The molecule has 0 aliphatic carbocycles. The lowest BCUT2D eigenvalue weighted by Crippen LogP contribution is -2.48. The van der Waals surface area contributed by atoms with Crippen molar-refractivity contribution in [1.82, 2.24) is 0 Å². The van der Waals surface area contributed by atoms with Crippen LogP contribution in [0.5, 0.6) is 0 Å². The maximum absolute atomic E-state index is 12.8. The van der Waals surface area contributed by atoms with E-state index in [1.54, 1.807) is 0 Å². The minimum Gasteiger partial charge on any atom is -0.317 e. The van der Waals surface area contributed by atoms with E-state index in [2.05, 4.69) is 9.47 Å². The number of hydrogen-bond acceptors (Lipinski definition) is 2. The molecule has 0 heterocycles. The van der Waals surface area contributed by atoms with Crippen LogP contribution < -0.4 is 0 Å². The van der Waals surface area contributed by atoms with Crippen molar-refractivity contribution in [2.45, 2.75) is 25.5 Å². The molecule has 0 radical (unpaired) electrons. The molecule has 0 saturated carbocycles. The van der Waals surface area contributed by atoms with Gasteiger partial charge < -0.3 is 4.74 Å². The van der Waals surface area contributed by atoms with Crippen LogP contribution in [0.2, 0.25) is 0 Å². The molecule has 0 spiro atoms. The van der Waals surface area contributed by atoms with Crippen LogP contribution in [0.25, 0.3) is 0 Å². The largest absolute Gasteiger partial charge is 0.478 e. The van der Waals surface area contributed by atoms with Crippen LogP contribution in [0.3, 0.4) is 0 Å². The summed E-state index contributed by atoms with van der Waals surface area (Å²) in [6.45, 7) is -1.55. The van der Waals surface area contributed by atoms with E-state index in [0.29, 0.717) is 0 Å². The van der Waals surface area contributed by atoms with Gasteiger partial charge in [-0.3, -0.25) is 4.74 Å². The first-order valence-electron chi connectivity index (χ1n) is 3.54. The Kier molecular flexibility index (Phi) is 4.66. The average molecular weight is 226 g/mol. The number of ether oxygens (including phenoxy) is 2. The lowest BCUT2D eigenvalue weighted by atomic mass is 10.5. The molecule has 2 unspecified atom stereocenters. The summed E-state index contributed by atoms with van der Waals surface area (Å²) in [7, 11) is 0. The molecule has 14 heavy (non-hydrogen) atoms. The Balaban J connectivity index is 4.55. The molecule has 0 aromatic carbocycles. The highest BCUT2D eigenvalue weighted by molar-refractivity contribution is 4.67. The molecule has 0 saturated heterocycles. The molecule has 0 aromatic rings. The highest BCUT2D eigenvalue weighted by atomic mass is 19.4. The maximum atomic E-state index is 12.8. The van der Waals surface area contributed by atoms with Crippen LogP contribution in [-0.4, -0.2) is 31.9 Å². The Bertz CT molecular complexity index is 172. The van der Waals surface area contributed by atoms with Crippen molar-refractivity contribution < 1.29 is 35.8 Å². The second kappa shape index (κ2) is 4.83. The van der Waals surface area contributed by atoms with E-state index in [9.17, 15) is 26.3 Å². The Hall–Kier alpha value is -0.500. The molecule has 0 aliphatic rings. The van der Waals surface area contributed by atoms with Crippen LogP contribution in [0, 0.1) is 0 Å². The minimum atomic E-state index is -5.58. The molecule has 8 heteroatoms. The molecule has 0 fully saturated rings. The molecular formula is C6H8F6O2. The third-order valence-electron chi connectivity index (χ3n) is 1.07. The molecule has 0 amide bonds. The van der Waals surface area contributed by atoms with Crippen molar-refractivity contribution in [1.29, 1.82) is 0 Å². The predicted molar refractivity (Wildman–Crippen MR) is 33.5 cm³/mol. The van der Waals surface area contributed by atoms with Gasteiger partial charge in [0.05, 0.1) is 6.61 Å². The van der Waals surface area contributed by atoms with Gasteiger partial charge in [0.25, 0.3) is 0 Å². The summed E-state index contributed by atoms with van der Waals surface area (Å²) in [4.78, 5) is 0. The molecule has 0 rings (SSSR count). The Morgan fingerprint density at radius 1 is 1.21 bits per heavy atom. The standard InChI is InChI=1S/C6H8F6O2/c1-2-13-6(12,5(9,10)11)14-4(8)3-7/h4H,2-3H2,1H3. The summed E-state index contributed by atoms with van der Waals surface area (Å²) in [5, 5.41) is 0. The normalized spacial score (nSPS) is 19.1. The highest BCUT2D eigenvalue weighted by Crippen LogP contribution is 2.37. The quantitative estimate of drug-likeness (QED) is 0.529. The smallest absolute Gasteiger partial charge is 0.317 e. The van der Waals surface area contributed by atoms with Gasteiger partial charge in [0, 0.05) is 0 Å². The first kappa shape index (κ1) is 13.5. The lowest BCUT2D eigenvalue weighted by molar-refractivity contribution is -0.456.